The summed E-state index contributed by atoms with van der Waals surface area (Å²) in [6.07, 6.45) is 5.18. The SMILES string of the molecule is C#Cc1ccccc1N=C=N. The van der Waals surface area contributed by atoms with E-state index in [1.807, 2.05) is 18.1 Å². The van der Waals surface area contributed by atoms with Gasteiger partial charge in [-0.3, -0.25) is 0 Å². The molecule has 1 rings (SSSR count). The molecule has 1 aromatic rings. The highest BCUT2D eigenvalue weighted by Crippen LogP contribution is 2.15. The van der Waals surface area contributed by atoms with Crippen LogP contribution < -0.4 is 0 Å². The predicted octanol–water partition coefficient (Wildman–Crippen LogP) is 2.05. The van der Waals surface area contributed by atoms with E-state index in [9.17, 15) is 0 Å². The molecule has 0 fully saturated rings. The standard InChI is InChI=1S/C9H6N2/c1-2-8-5-3-4-6-9(8)11-7-10/h1,3-6,10H. The number of nitrogens with zero attached hydrogens (tertiary/aromatic N) is 1. The zero-order valence-corrected chi connectivity index (χ0v) is 5.83. The molecule has 0 atom stereocenters. The van der Waals surface area contributed by atoms with Crippen LogP contribution in [0.4, 0.5) is 5.69 Å². The Balaban J connectivity index is 3.25. The van der Waals surface area contributed by atoms with Crippen LogP contribution >= 0.6 is 0 Å². The fourth-order valence-corrected chi connectivity index (χ4v) is 0.753. The second kappa shape index (κ2) is 3.36. The summed E-state index contributed by atoms with van der Waals surface area (Å²) in [5, 5.41) is 6.63. The van der Waals surface area contributed by atoms with Crippen LogP contribution in [-0.4, -0.2) is 6.01 Å². The molecule has 0 aromatic heterocycles. The van der Waals surface area contributed by atoms with E-state index in [1.54, 1.807) is 12.1 Å². The van der Waals surface area contributed by atoms with Crippen molar-refractivity contribution in [3.05, 3.63) is 29.8 Å². The van der Waals surface area contributed by atoms with E-state index in [0.29, 0.717) is 11.3 Å². The summed E-state index contributed by atoms with van der Waals surface area (Å²) >= 11 is 0. The molecule has 1 N–H and O–H groups in total. The first-order chi connectivity index (χ1) is 5.38. The monoisotopic (exact) mass is 142 g/mol. The van der Waals surface area contributed by atoms with Crippen molar-refractivity contribution in [2.45, 2.75) is 0 Å². The molecule has 2 nitrogen and oxygen atoms in total. The van der Waals surface area contributed by atoms with Crippen molar-refractivity contribution in [1.29, 1.82) is 5.41 Å². The van der Waals surface area contributed by atoms with E-state index in [1.165, 1.54) is 0 Å². The Morgan fingerprint density at radius 1 is 1.36 bits per heavy atom. The van der Waals surface area contributed by atoms with Crippen molar-refractivity contribution in [2.75, 3.05) is 0 Å². The average molecular weight is 142 g/mol. The quantitative estimate of drug-likeness (QED) is 0.460. The van der Waals surface area contributed by atoms with Crippen molar-refractivity contribution in [2.24, 2.45) is 4.99 Å². The topological polar surface area (TPSA) is 36.2 Å². The smallest absolute Gasteiger partial charge is 0.0918 e. The fourth-order valence-electron chi connectivity index (χ4n) is 0.753. The van der Waals surface area contributed by atoms with Gasteiger partial charge in [0.2, 0.25) is 0 Å². The van der Waals surface area contributed by atoms with Crippen LogP contribution in [0.3, 0.4) is 0 Å². The Bertz CT molecular complexity index is 341. The van der Waals surface area contributed by atoms with Crippen molar-refractivity contribution in [3.63, 3.8) is 0 Å². The summed E-state index contributed by atoms with van der Waals surface area (Å²) in [6.45, 7) is 0. The molecule has 0 spiro atoms. The first-order valence-corrected chi connectivity index (χ1v) is 3.06. The average Bonchev–Trinajstić information content (AvgIpc) is 2.06. The van der Waals surface area contributed by atoms with Crippen molar-refractivity contribution < 1.29 is 0 Å². The number of benzene rings is 1. The fraction of sp³-hybridized carbons (Fsp3) is 0. The molecule has 2 heteroatoms. The van der Waals surface area contributed by atoms with Gasteiger partial charge >= 0.3 is 0 Å². The third-order valence-electron chi connectivity index (χ3n) is 1.24. The van der Waals surface area contributed by atoms with Gasteiger partial charge in [0, 0.05) is 0 Å². The molecular formula is C9H6N2. The van der Waals surface area contributed by atoms with E-state index >= 15 is 0 Å². The van der Waals surface area contributed by atoms with Gasteiger partial charge in [-0.1, -0.05) is 18.1 Å². The Kier molecular flexibility index (Phi) is 2.22. The lowest BCUT2D eigenvalue weighted by Crippen LogP contribution is -1.72. The van der Waals surface area contributed by atoms with Crippen LogP contribution in [0.2, 0.25) is 0 Å². The lowest BCUT2D eigenvalue weighted by Gasteiger charge is -1.92. The molecule has 0 saturated heterocycles. The van der Waals surface area contributed by atoms with Gasteiger partial charge in [-0.25, -0.2) is 5.41 Å². The van der Waals surface area contributed by atoms with Crippen LogP contribution in [0.1, 0.15) is 5.56 Å². The largest absolute Gasteiger partial charge is 0.241 e. The molecular weight excluding hydrogens is 136 g/mol. The molecule has 52 valence electrons. The number of rotatable bonds is 1. The van der Waals surface area contributed by atoms with Gasteiger partial charge in [-0.05, 0) is 12.1 Å². The second-order valence-electron chi connectivity index (χ2n) is 1.89. The third kappa shape index (κ3) is 1.54. The zero-order valence-electron chi connectivity index (χ0n) is 5.83. The number of hydrogen-bond acceptors (Lipinski definition) is 2. The van der Waals surface area contributed by atoms with Crippen molar-refractivity contribution in [3.8, 4) is 12.3 Å². The Labute approximate surface area is 65.1 Å². The number of aliphatic imine (C=N–C) groups is 1. The van der Waals surface area contributed by atoms with Crippen molar-refractivity contribution >= 4 is 11.7 Å². The van der Waals surface area contributed by atoms with E-state index in [0.717, 1.165) is 0 Å². The van der Waals surface area contributed by atoms with Gasteiger partial charge in [0.15, 0.2) is 0 Å². The number of terminal acetylenes is 1. The molecule has 0 aliphatic heterocycles. The molecule has 11 heavy (non-hydrogen) atoms. The highest BCUT2D eigenvalue weighted by atomic mass is 14.7. The summed E-state index contributed by atoms with van der Waals surface area (Å²) in [4.78, 5) is 3.65. The molecule has 0 unspecified atom stereocenters. The zero-order chi connectivity index (χ0) is 8.10. The maximum absolute atomic E-state index is 6.63. The van der Waals surface area contributed by atoms with Gasteiger partial charge in [0.25, 0.3) is 0 Å². The molecule has 0 heterocycles. The molecule has 0 bridgehead atoms. The lowest BCUT2D eigenvalue weighted by atomic mass is 10.2. The van der Waals surface area contributed by atoms with E-state index < -0.39 is 0 Å². The number of hydrogen-bond donors (Lipinski definition) is 1. The van der Waals surface area contributed by atoms with Crippen LogP contribution in [0, 0.1) is 17.8 Å². The normalized spacial score (nSPS) is 7.91. The first kappa shape index (κ1) is 7.27. The highest BCUT2D eigenvalue weighted by Gasteiger charge is 1.93. The van der Waals surface area contributed by atoms with Crippen LogP contribution in [-0.2, 0) is 0 Å². The van der Waals surface area contributed by atoms with Gasteiger partial charge in [0.05, 0.1) is 17.3 Å². The van der Waals surface area contributed by atoms with Gasteiger partial charge in [-0.2, -0.15) is 4.99 Å². The molecule has 0 aliphatic carbocycles. The Morgan fingerprint density at radius 3 is 2.73 bits per heavy atom. The summed E-state index contributed by atoms with van der Waals surface area (Å²) in [5.74, 6) is 2.46. The van der Waals surface area contributed by atoms with Gasteiger partial charge < -0.3 is 0 Å². The predicted molar refractivity (Wildman–Crippen MR) is 44.2 cm³/mol. The summed E-state index contributed by atoms with van der Waals surface area (Å²) in [6, 6.07) is 9.11. The summed E-state index contributed by atoms with van der Waals surface area (Å²) in [7, 11) is 0. The molecule has 0 amide bonds. The molecule has 0 aliphatic rings. The maximum atomic E-state index is 6.63. The second-order valence-corrected chi connectivity index (χ2v) is 1.89. The molecule has 0 radical (unpaired) electrons. The molecule has 0 saturated carbocycles. The number of nitrogens with one attached hydrogen (secondary N) is 1. The summed E-state index contributed by atoms with van der Waals surface area (Å²) in [5.41, 5.74) is 1.30. The Morgan fingerprint density at radius 2 is 2.09 bits per heavy atom. The minimum absolute atomic E-state index is 0.616. The lowest BCUT2D eigenvalue weighted by molar-refractivity contribution is 1.47. The van der Waals surface area contributed by atoms with E-state index in [2.05, 4.69) is 10.9 Å². The number of para-hydroxylation sites is 1. The summed E-state index contributed by atoms with van der Waals surface area (Å²) < 4.78 is 0. The minimum Gasteiger partial charge on any atom is -0.241 e. The van der Waals surface area contributed by atoms with Gasteiger partial charge in [0.1, 0.15) is 0 Å². The van der Waals surface area contributed by atoms with E-state index in [-0.39, 0.29) is 0 Å². The maximum Gasteiger partial charge on any atom is 0.0918 e. The minimum atomic E-state index is 0.616. The van der Waals surface area contributed by atoms with E-state index in [4.69, 9.17) is 11.8 Å². The van der Waals surface area contributed by atoms with Crippen molar-refractivity contribution in [1.82, 2.24) is 0 Å². The van der Waals surface area contributed by atoms with Crippen LogP contribution in [0.25, 0.3) is 0 Å². The third-order valence-corrected chi connectivity index (χ3v) is 1.24. The highest BCUT2D eigenvalue weighted by molar-refractivity contribution is 5.59. The molecule has 1 aromatic carbocycles. The van der Waals surface area contributed by atoms with Crippen LogP contribution in [0.5, 0.6) is 0 Å². The van der Waals surface area contributed by atoms with Gasteiger partial charge in [-0.15, -0.1) is 6.42 Å². The Hall–Kier alpha value is -1.84. The first-order valence-electron chi connectivity index (χ1n) is 3.06. The van der Waals surface area contributed by atoms with Crippen LogP contribution in [0.15, 0.2) is 29.3 Å².